The van der Waals surface area contributed by atoms with Crippen LogP contribution in [0.2, 0.25) is 20.1 Å². The third kappa shape index (κ3) is 4.52. The highest BCUT2D eigenvalue weighted by Gasteiger charge is 2.14. The fraction of sp³-hybridized carbons (Fsp3) is 0. The Morgan fingerprint density at radius 1 is 0.964 bits per heavy atom. The van der Waals surface area contributed by atoms with Gasteiger partial charge in [-0.2, -0.15) is 5.26 Å². The number of hydrogen-bond acceptors (Lipinski definition) is 3. The number of hydrogen-bond donors (Lipinski definition) is 1. The number of anilines is 1. The van der Waals surface area contributed by atoms with Gasteiger partial charge in [0.2, 0.25) is 0 Å². The molecule has 0 fully saturated rings. The van der Waals surface area contributed by atoms with Crippen molar-refractivity contribution in [3.63, 3.8) is 0 Å². The first-order chi connectivity index (χ1) is 13.4. The third-order valence-corrected chi connectivity index (χ3v) is 5.03. The predicted molar refractivity (Wildman–Crippen MR) is 113 cm³/mol. The Bertz CT molecular complexity index is 1110. The molecule has 0 radical (unpaired) electrons. The Morgan fingerprint density at radius 2 is 1.68 bits per heavy atom. The van der Waals surface area contributed by atoms with E-state index in [-0.39, 0.29) is 10.6 Å². The highest BCUT2D eigenvalue weighted by Crippen LogP contribution is 2.35. The molecule has 8 heteroatoms. The van der Waals surface area contributed by atoms with Crippen LogP contribution in [-0.2, 0) is 4.79 Å². The van der Waals surface area contributed by atoms with Gasteiger partial charge < -0.3 is 9.73 Å². The van der Waals surface area contributed by atoms with E-state index >= 15 is 0 Å². The zero-order valence-corrected chi connectivity index (χ0v) is 17.0. The number of furan rings is 1. The van der Waals surface area contributed by atoms with E-state index in [4.69, 9.17) is 50.8 Å². The minimum absolute atomic E-state index is 0.155. The molecule has 1 aromatic heterocycles. The molecule has 28 heavy (non-hydrogen) atoms. The van der Waals surface area contributed by atoms with Gasteiger partial charge in [-0.3, -0.25) is 4.79 Å². The lowest BCUT2D eigenvalue weighted by atomic mass is 10.2. The maximum absolute atomic E-state index is 12.4. The molecule has 0 atom stereocenters. The van der Waals surface area contributed by atoms with Crippen molar-refractivity contribution in [1.29, 1.82) is 5.26 Å². The first-order valence-electron chi connectivity index (χ1n) is 7.81. The fourth-order valence-corrected chi connectivity index (χ4v) is 3.24. The second-order valence-corrected chi connectivity index (χ2v) is 7.18. The second-order valence-electron chi connectivity index (χ2n) is 5.55. The normalized spacial score (nSPS) is 11.2. The molecule has 4 nitrogen and oxygen atoms in total. The Labute approximate surface area is 180 Å². The molecule has 0 aliphatic carbocycles. The highest BCUT2D eigenvalue weighted by molar-refractivity contribution is 6.42. The summed E-state index contributed by atoms with van der Waals surface area (Å²) in [5.74, 6) is 0.102. The summed E-state index contributed by atoms with van der Waals surface area (Å²) in [6.45, 7) is 0. The van der Waals surface area contributed by atoms with Gasteiger partial charge in [0.1, 0.15) is 23.2 Å². The van der Waals surface area contributed by atoms with Crippen LogP contribution in [0.5, 0.6) is 0 Å². The molecule has 1 N–H and O–H groups in total. The van der Waals surface area contributed by atoms with Gasteiger partial charge in [-0.05, 0) is 42.5 Å². The van der Waals surface area contributed by atoms with E-state index in [0.717, 1.165) is 0 Å². The molecule has 0 bridgehead atoms. The maximum atomic E-state index is 12.4. The number of nitriles is 1. The maximum Gasteiger partial charge on any atom is 0.266 e. The number of carbonyl (C=O) groups is 1. The minimum Gasteiger partial charge on any atom is -0.457 e. The summed E-state index contributed by atoms with van der Waals surface area (Å²) in [7, 11) is 0. The number of carbonyl (C=O) groups excluding carboxylic acids is 1. The van der Waals surface area contributed by atoms with E-state index in [2.05, 4.69) is 5.32 Å². The fourth-order valence-electron chi connectivity index (χ4n) is 2.36. The molecular formula is C20H10Cl4N2O2. The largest absolute Gasteiger partial charge is 0.457 e. The number of nitrogens with one attached hydrogen (secondary N) is 1. The van der Waals surface area contributed by atoms with Crippen LogP contribution in [0.25, 0.3) is 17.4 Å². The van der Waals surface area contributed by atoms with E-state index in [9.17, 15) is 10.1 Å². The third-order valence-electron chi connectivity index (χ3n) is 3.67. The second kappa shape index (κ2) is 8.72. The van der Waals surface area contributed by atoms with E-state index in [0.29, 0.717) is 37.8 Å². The summed E-state index contributed by atoms with van der Waals surface area (Å²) in [6.07, 6.45) is 1.32. The quantitative estimate of drug-likeness (QED) is 0.339. The summed E-state index contributed by atoms with van der Waals surface area (Å²) in [5.41, 5.74) is 0.782. The Morgan fingerprint density at radius 3 is 2.32 bits per heavy atom. The molecule has 0 saturated carbocycles. The van der Waals surface area contributed by atoms with Crippen molar-refractivity contribution in [1.82, 2.24) is 0 Å². The lowest BCUT2D eigenvalue weighted by Crippen LogP contribution is -2.13. The molecule has 0 spiro atoms. The number of benzene rings is 2. The summed E-state index contributed by atoms with van der Waals surface area (Å²) < 4.78 is 5.68. The molecule has 140 valence electrons. The lowest BCUT2D eigenvalue weighted by molar-refractivity contribution is -0.112. The highest BCUT2D eigenvalue weighted by atomic mass is 35.5. The van der Waals surface area contributed by atoms with Gasteiger partial charge in [0.25, 0.3) is 5.91 Å². The van der Waals surface area contributed by atoms with Crippen molar-refractivity contribution in [3.05, 3.63) is 80.0 Å². The van der Waals surface area contributed by atoms with Crippen molar-refractivity contribution in [2.45, 2.75) is 0 Å². The molecule has 3 aromatic rings. The first-order valence-corrected chi connectivity index (χ1v) is 9.32. The number of amides is 1. The summed E-state index contributed by atoms with van der Waals surface area (Å²) in [5, 5.41) is 13.4. The van der Waals surface area contributed by atoms with Crippen molar-refractivity contribution in [2.24, 2.45) is 0 Å². The molecule has 0 aliphatic rings. The Kier molecular flexibility index (Phi) is 6.33. The smallest absolute Gasteiger partial charge is 0.266 e. The van der Waals surface area contributed by atoms with Crippen LogP contribution >= 0.6 is 46.4 Å². The molecule has 0 saturated heterocycles. The minimum atomic E-state index is -0.616. The molecular weight excluding hydrogens is 442 g/mol. The average molecular weight is 452 g/mol. The standard InChI is InChI=1S/C20H10Cl4N2O2/c21-14-6-4-12(9-17(14)24)26-20(27)11(10-25)8-13-5-7-18(28-13)19-15(22)2-1-3-16(19)23/h1-9H,(H,26,27)/b11-8+. The van der Waals surface area contributed by atoms with Gasteiger partial charge in [-0.15, -0.1) is 0 Å². The van der Waals surface area contributed by atoms with Crippen molar-refractivity contribution in [3.8, 4) is 17.4 Å². The van der Waals surface area contributed by atoms with Crippen LogP contribution in [0.15, 0.2) is 58.5 Å². The molecule has 2 aromatic carbocycles. The molecule has 1 amide bonds. The van der Waals surface area contributed by atoms with E-state index < -0.39 is 5.91 Å². The van der Waals surface area contributed by atoms with Crippen molar-refractivity contribution < 1.29 is 9.21 Å². The molecule has 0 aliphatic heterocycles. The summed E-state index contributed by atoms with van der Waals surface area (Å²) in [4.78, 5) is 12.4. The summed E-state index contributed by atoms with van der Waals surface area (Å²) in [6, 6.07) is 14.8. The lowest BCUT2D eigenvalue weighted by Gasteiger charge is -2.05. The van der Waals surface area contributed by atoms with Gasteiger partial charge >= 0.3 is 0 Å². The van der Waals surface area contributed by atoms with Gasteiger partial charge in [0.15, 0.2) is 0 Å². The van der Waals surface area contributed by atoms with Crippen LogP contribution in [0, 0.1) is 11.3 Å². The van der Waals surface area contributed by atoms with Crippen LogP contribution in [-0.4, -0.2) is 5.91 Å². The monoisotopic (exact) mass is 450 g/mol. The van der Waals surface area contributed by atoms with Gasteiger partial charge in [-0.1, -0.05) is 52.5 Å². The molecule has 3 rings (SSSR count). The van der Waals surface area contributed by atoms with Gasteiger partial charge in [0, 0.05) is 11.8 Å². The zero-order valence-electron chi connectivity index (χ0n) is 14.0. The Balaban J connectivity index is 1.85. The molecule has 0 unspecified atom stereocenters. The first kappa shape index (κ1) is 20.3. The molecule has 1 heterocycles. The van der Waals surface area contributed by atoms with Crippen LogP contribution < -0.4 is 5.32 Å². The van der Waals surface area contributed by atoms with Crippen LogP contribution in [0.1, 0.15) is 5.76 Å². The number of nitrogens with zero attached hydrogens (tertiary/aromatic N) is 1. The van der Waals surface area contributed by atoms with E-state index in [1.165, 1.54) is 12.1 Å². The Hall–Kier alpha value is -2.42. The van der Waals surface area contributed by atoms with E-state index in [1.807, 2.05) is 6.07 Å². The number of rotatable bonds is 4. The van der Waals surface area contributed by atoms with Gasteiger partial charge in [-0.25, -0.2) is 0 Å². The summed E-state index contributed by atoms with van der Waals surface area (Å²) >= 11 is 24.1. The van der Waals surface area contributed by atoms with Crippen molar-refractivity contribution in [2.75, 3.05) is 5.32 Å². The predicted octanol–water partition coefficient (Wildman–Crippen LogP) is 7.11. The van der Waals surface area contributed by atoms with Gasteiger partial charge in [0.05, 0.1) is 25.7 Å². The van der Waals surface area contributed by atoms with Crippen LogP contribution in [0.3, 0.4) is 0 Å². The van der Waals surface area contributed by atoms with Crippen molar-refractivity contribution >= 4 is 64.1 Å². The topological polar surface area (TPSA) is 66.0 Å². The average Bonchev–Trinajstić information content (AvgIpc) is 3.10. The van der Waals surface area contributed by atoms with Crippen LogP contribution in [0.4, 0.5) is 5.69 Å². The SMILES string of the molecule is N#C/C(=C\c1ccc(-c2c(Cl)cccc2Cl)o1)C(=O)Nc1ccc(Cl)c(Cl)c1. The number of halogens is 4. The zero-order chi connectivity index (χ0) is 20.3. The van der Waals surface area contributed by atoms with E-state index in [1.54, 1.807) is 42.5 Å².